The Hall–Kier alpha value is -3.19. The first-order valence-corrected chi connectivity index (χ1v) is 8.76. The van der Waals surface area contributed by atoms with E-state index in [2.05, 4.69) is 15.3 Å². The molecule has 0 spiro atoms. The second kappa shape index (κ2) is 6.61. The number of thiazole rings is 1. The van der Waals surface area contributed by atoms with Crippen molar-refractivity contribution in [2.75, 3.05) is 5.32 Å². The molecule has 0 bridgehead atoms. The second-order valence-electron chi connectivity index (χ2n) is 5.74. The topological polar surface area (TPSA) is 81.2 Å². The zero-order valence-electron chi connectivity index (χ0n) is 14.1. The largest absolute Gasteiger partial charge is 0.459 e. The molecule has 0 aliphatic carbocycles. The van der Waals surface area contributed by atoms with E-state index in [0.717, 1.165) is 11.3 Å². The van der Waals surface area contributed by atoms with Gasteiger partial charge in [-0.3, -0.25) is 4.79 Å². The molecule has 0 unspecified atom stereocenters. The number of oxazole rings is 1. The van der Waals surface area contributed by atoms with E-state index < -0.39 is 0 Å². The van der Waals surface area contributed by atoms with Gasteiger partial charge in [0.25, 0.3) is 5.91 Å². The Morgan fingerprint density at radius 2 is 2.04 bits per heavy atom. The summed E-state index contributed by atoms with van der Waals surface area (Å²) in [6.07, 6.45) is 3.01. The van der Waals surface area contributed by atoms with Crippen LogP contribution in [0.25, 0.3) is 22.1 Å². The van der Waals surface area contributed by atoms with Crippen molar-refractivity contribution in [3.05, 3.63) is 65.3 Å². The predicted octanol–water partition coefficient (Wildman–Crippen LogP) is 4.93. The lowest BCUT2D eigenvalue weighted by Gasteiger charge is -2.05. The van der Waals surface area contributed by atoms with Crippen molar-refractivity contribution in [1.82, 2.24) is 9.97 Å². The number of carbonyl (C=O) groups excluding carboxylic acids is 1. The van der Waals surface area contributed by atoms with Crippen molar-refractivity contribution in [1.29, 1.82) is 0 Å². The molecule has 0 aliphatic heterocycles. The summed E-state index contributed by atoms with van der Waals surface area (Å²) in [5, 5.41) is 3.60. The molecule has 1 aromatic carbocycles. The summed E-state index contributed by atoms with van der Waals surface area (Å²) in [7, 11) is 0. The highest BCUT2D eigenvalue weighted by Crippen LogP contribution is 2.30. The lowest BCUT2D eigenvalue weighted by Crippen LogP contribution is -2.11. The van der Waals surface area contributed by atoms with Crippen molar-refractivity contribution in [3.63, 3.8) is 0 Å². The summed E-state index contributed by atoms with van der Waals surface area (Å²) >= 11 is 1.31. The van der Waals surface area contributed by atoms with Gasteiger partial charge in [-0.25, -0.2) is 9.97 Å². The molecule has 6 nitrogen and oxygen atoms in total. The minimum absolute atomic E-state index is 0.204. The fourth-order valence-electron chi connectivity index (χ4n) is 2.56. The van der Waals surface area contributed by atoms with Crippen LogP contribution in [0.4, 0.5) is 5.69 Å². The Labute approximate surface area is 153 Å². The molecule has 130 valence electrons. The van der Waals surface area contributed by atoms with Crippen molar-refractivity contribution < 1.29 is 13.6 Å². The highest BCUT2D eigenvalue weighted by Gasteiger charge is 2.18. The predicted molar refractivity (Wildman–Crippen MR) is 99.2 cm³/mol. The monoisotopic (exact) mass is 365 g/mol. The van der Waals surface area contributed by atoms with Crippen LogP contribution in [0.2, 0.25) is 0 Å². The number of furan rings is 1. The number of nitrogens with one attached hydrogen (secondary N) is 1. The van der Waals surface area contributed by atoms with Crippen LogP contribution in [-0.4, -0.2) is 15.9 Å². The van der Waals surface area contributed by atoms with E-state index in [9.17, 15) is 4.79 Å². The second-order valence-corrected chi connectivity index (χ2v) is 6.74. The lowest BCUT2D eigenvalue weighted by molar-refractivity contribution is 0.103. The summed E-state index contributed by atoms with van der Waals surface area (Å²) in [5.74, 6) is 1.92. The number of hydrogen-bond donors (Lipinski definition) is 1. The number of aromatic nitrogens is 2. The Bertz CT molecular complexity index is 1060. The Balaban J connectivity index is 1.57. The van der Waals surface area contributed by atoms with Crippen molar-refractivity contribution in [3.8, 4) is 22.1 Å². The maximum atomic E-state index is 12.7. The fraction of sp³-hybridized carbons (Fsp3) is 0.105. The van der Waals surface area contributed by atoms with Crippen LogP contribution in [0, 0.1) is 13.8 Å². The summed E-state index contributed by atoms with van der Waals surface area (Å²) in [6, 6.07) is 11.1. The van der Waals surface area contributed by atoms with Crippen LogP contribution >= 0.6 is 11.3 Å². The van der Waals surface area contributed by atoms with E-state index in [-0.39, 0.29) is 5.91 Å². The van der Waals surface area contributed by atoms with Crippen molar-refractivity contribution >= 4 is 22.9 Å². The average molecular weight is 365 g/mol. The molecule has 0 aliphatic rings. The van der Waals surface area contributed by atoms with Crippen LogP contribution < -0.4 is 5.32 Å². The molecule has 3 aromatic heterocycles. The molecule has 0 saturated heterocycles. The number of carbonyl (C=O) groups is 1. The first-order chi connectivity index (χ1) is 12.6. The zero-order chi connectivity index (χ0) is 18.1. The number of hydrogen-bond acceptors (Lipinski definition) is 6. The highest BCUT2D eigenvalue weighted by molar-refractivity contribution is 7.17. The van der Waals surface area contributed by atoms with Crippen LogP contribution in [0.15, 0.2) is 57.8 Å². The number of nitrogens with zero attached hydrogens (tertiary/aromatic N) is 2. The van der Waals surface area contributed by atoms with E-state index in [1.54, 1.807) is 6.20 Å². The number of rotatable bonds is 4. The highest BCUT2D eigenvalue weighted by atomic mass is 32.1. The average Bonchev–Trinajstić information content (AvgIpc) is 3.35. The molecule has 0 saturated carbocycles. The number of benzene rings is 1. The summed E-state index contributed by atoms with van der Waals surface area (Å²) in [4.78, 5) is 21.6. The number of amides is 1. The standard InChI is InChI=1S/C19H15N3O3S/c1-11-6-7-15(25-11)19-21-12(2)17(26-19)18(23)22-14-5-3-4-13(8-14)16-9-20-10-24-16/h3-10H,1-2H3,(H,22,23). The molecule has 1 amide bonds. The van der Waals surface area contributed by atoms with E-state index in [1.165, 1.54) is 17.7 Å². The van der Waals surface area contributed by atoms with Gasteiger partial charge in [0, 0.05) is 11.3 Å². The zero-order valence-corrected chi connectivity index (χ0v) is 15.0. The van der Waals surface area contributed by atoms with Gasteiger partial charge in [-0.2, -0.15) is 0 Å². The third-order valence-electron chi connectivity index (χ3n) is 3.79. The molecule has 4 aromatic rings. The molecule has 3 heterocycles. The Morgan fingerprint density at radius 1 is 1.15 bits per heavy atom. The molecular formula is C19H15N3O3S. The first-order valence-electron chi connectivity index (χ1n) is 7.94. The van der Waals surface area contributed by atoms with E-state index in [1.807, 2.05) is 50.2 Å². The van der Waals surface area contributed by atoms with Gasteiger partial charge in [-0.05, 0) is 38.1 Å². The first kappa shape index (κ1) is 16.3. The third kappa shape index (κ3) is 3.16. The molecular weight excluding hydrogens is 350 g/mol. The van der Waals surface area contributed by atoms with Gasteiger partial charge in [-0.1, -0.05) is 12.1 Å². The Morgan fingerprint density at radius 3 is 2.77 bits per heavy atom. The van der Waals surface area contributed by atoms with E-state index >= 15 is 0 Å². The Kier molecular flexibility index (Phi) is 4.14. The van der Waals surface area contributed by atoms with E-state index in [4.69, 9.17) is 8.83 Å². The summed E-state index contributed by atoms with van der Waals surface area (Å²) < 4.78 is 10.9. The van der Waals surface area contributed by atoms with Gasteiger partial charge in [0.2, 0.25) is 0 Å². The fourth-order valence-corrected chi connectivity index (χ4v) is 3.48. The molecule has 0 radical (unpaired) electrons. The van der Waals surface area contributed by atoms with Gasteiger partial charge in [0.1, 0.15) is 10.6 Å². The van der Waals surface area contributed by atoms with Crippen LogP contribution in [0.5, 0.6) is 0 Å². The molecule has 0 fully saturated rings. The van der Waals surface area contributed by atoms with Gasteiger partial charge in [0.15, 0.2) is 22.9 Å². The third-order valence-corrected chi connectivity index (χ3v) is 4.96. The normalized spacial score (nSPS) is 10.8. The lowest BCUT2D eigenvalue weighted by atomic mass is 10.1. The van der Waals surface area contributed by atoms with Gasteiger partial charge in [-0.15, -0.1) is 11.3 Å². The molecule has 7 heteroatoms. The minimum atomic E-state index is -0.204. The number of aryl methyl sites for hydroxylation is 2. The summed E-state index contributed by atoms with van der Waals surface area (Å²) in [6.45, 7) is 3.69. The van der Waals surface area contributed by atoms with Gasteiger partial charge >= 0.3 is 0 Å². The quantitative estimate of drug-likeness (QED) is 0.555. The molecule has 4 rings (SSSR count). The molecule has 1 N–H and O–H groups in total. The summed E-state index contributed by atoms with van der Waals surface area (Å²) in [5.41, 5.74) is 2.18. The van der Waals surface area contributed by atoms with Crippen molar-refractivity contribution in [2.24, 2.45) is 0 Å². The van der Waals surface area contributed by atoms with Crippen LogP contribution in [0.3, 0.4) is 0 Å². The van der Waals surface area contributed by atoms with Gasteiger partial charge < -0.3 is 14.2 Å². The van der Waals surface area contributed by atoms with Crippen LogP contribution in [-0.2, 0) is 0 Å². The maximum absolute atomic E-state index is 12.7. The molecule has 0 atom stereocenters. The van der Waals surface area contributed by atoms with Crippen molar-refractivity contribution in [2.45, 2.75) is 13.8 Å². The molecule has 26 heavy (non-hydrogen) atoms. The van der Waals surface area contributed by atoms with Gasteiger partial charge in [0.05, 0.1) is 11.9 Å². The van der Waals surface area contributed by atoms with Crippen LogP contribution in [0.1, 0.15) is 21.1 Å². The van der Waals surface area contributed by atoms with E-state index in [0.29, 0.717) is 32.8 Å². The minimum Gasteiger partial charge on any atom is -0.459 e. The smallest absolute Gasteiger partial charge is 0.267 e. The SMILES string of the molecule is Cc1ccc(-c2nc(C)c(C(=O)Nc3cccc(-c4cnco4)c3)s2)o1. The maximum Gasteiger partial charge on any atom is 0.267 e. The number of anilines is 1.